The molecule has 0 spiro atoms. The van der Waals surface area contributed by atoms with Crippen molar-refractivity contribution in [1.29, 1.82) is 0 Å². The van der Waals surface area contributed by atoms with Crippen LogP contribution in [0.15, 0.2) is 65.1 Å². The van der Waals surface area contributed by atoms with Crippen molar-refractivity contribution in [2.75, 3.05) is 7.11 Å². The Bertz CT molecular complexity index is 1310. The molecule has 0 radical (unpaired) electrons. The Balaban J connectivity index is 1.13. The fourth-order valence-corrected chi connectivity index (χ4v) is 5.44. The SMILES string of the molecule is C#Cc1ccc2c(c1)C(/C=C/CCC1CCC(c3ccc4oc(C(=O)OC)cc4c3)CC1)=CC2. The van der Waals surface area contributed by atoms with Gasteiger partial charge >= 0.3 is 5.97 Å². The Morgan fingerprint density at radius 2 is 2.00 bits per heavy atom. The average molecular weight is 451 g/mol. The number of hydrogen-bond acceptors (Lipinski definition) is 3. The van der Waals surface area contributed by atoms with Gasteiger partial charge in [-0.25, -0.2) is 4.79 Å². The van der Waals surface area contributed by atoms with Crippen LogP contribution in [0.3, 0.4) is 0 Å². The van der Waals surface area contributed by atoms with Gasteiger partial charge < -0.3 is 9.15 Å². The predicted octanol–water partition coefficient (Wildman–Crippen LogP) is 7.45. The number of methoxy groups -OCH3 is 1. The van der Waals surface area contributed by atoms with Crippen molar-refractivity contribution >= 4 is 22.5 Å². The van der Waals surface area contributed by atoms with Gasteiger partial charge in [0.2, 0.25) is 5.76 Å². The van der Waals surface area contributed by atoms with Crippen LogP contribution in [0.5, 0.6) is 0 Å². The van der Waals surface area contributed by atoms with Crippen molar-refractivity contribution in [3.63, 3.8) is 0 Å². The van der Waals surface area contributed by atoms with Crippen molar-refractivity contribution in [1.82, 2.24) is 0 Å². The summed E-state index contributed by atoms with van der Waals surface area (Å²) >= 11 is 0. The number of furan rings is 1. The lowest BCUT2D eigenvalue weighted by atomic mass is 9.77. The second kappa shape index (κ2) is 9.77. The first kappa shape index (κ1) is 22.3. The van der Waals surface area contributed by atoms with Gasteiger partial charge in [-0.1, -0.05) is 36.3 Å². The van der Waals surface area contributed by atoms with Gasteiger partial charge in [-0.05, 0) is 109 Å². The third-order valence-corrected chi connectivity index (χ3v) is 7.41. The first-order chi connectivity index (χ1) is 16.6. The summed E-state index contributed by atoms with van der Waals surface area (Å²) in [6.07, 6.45) is 20.8. The molecule has 5 rings (SSSR count). The predicted molar refractivity (Wildman–Crippen MR) is 137 cm³/mol. The highest BCUT2D eigenvalue weighted by Crippen LogP contribution is 2.39. The molecule has 1 saturated carbocycles. The van der Waals surface area contributed by atoms with Gasteiger partial charge in [-0.2, -0.15) is 0 Å². The summed E-state index contributed by atoms with van der Waals surface area (Å²) in [6.45, 7) is 0. The second-order valence-electron chi connectivity index (χ2n) is 9.48. The monoisotopic (exact) mass is 450 g/mol. The molecule has 1 aromatic heterocycles. The molecule has 0 N–H and O–H groups in total. The standard InChI is InChI=1S/C31H30O3/c1-3-21-8-13-25-15-14-24(28(25)18-21)7-5-4-6-22-9-11-23(12-10-22)26-16-17-29-27(19-26)20-30(34-29)31(32)33-2/h1,5,7-8,13-14,16-20,22-23H,4,6,9-12,15H2,2H3/b7-5+. The molecule has 3 aromatic rings. The van der Waals surface area contributed by atoms with Crippen LogP contribution < -0.4 is 0 Å². The van der Waals surface area contributed by atoms with Crippen LogP contribution in [-0.4, -0.2) is 13.1 Å². The van der Waals surface area contributed by atoms with Crippen molar-refractivity contribution in [3.8, 4) is 12.3 Å². The summed E-state index contributed by atoms with van der Waals surface area (Å²) in [7, 11) is 1.37. The molecule has 3 heteroatoms. The summed E-state index contributed by atoms with van der Waals surface area (Å²) in [4.78, 5) is 11.7. The minimum atomic E-state index is -0.432. The number of fused-ring (bicyclic) bond motifs is 2. The van der Waals surface area contributed by atoms with Crippen LogP contribution in [0, 0.1) is 18.3 Å². The van der Waals surface area contributed by atoms with Crippen molar-refractivity contribution < 1.29 is 13.9 Å². The second-order valence-corrected chi connectivity index (χ2v) is 9.48. The van der Waals surface area contributed by atoms with Crippen molar-refractivity contribution in [3.05, 3.63) is 88.7 Å². The van der Waals surface area contributed by atoms with E-state index in [0.29, 0.717) is 5.92 Å². The summed E-state index contributed by atoms with van der Waals surface area (Å²) in [5.41, 5.74) is 7.00. The molecule has 2 aromatic carbocycles. The number of allylic oxidation sites excluding steroid dienone is 4. The fraction of sp³-hybridized carbons (Fsp3) is 0.323. The Morgan fingerprint density at radius 1 is 1.15 bits per heavy atom. The van der Waals surface area contributed by atoms with Crippen LogP contribution in [-0.2, 0) is 11.2 Å². The molecule has 0 amide bonds. The third-order valence-electron chi connectivity index (χ3n) is 7.41. The van der Waals surface area contributed by atoms with Gasteiger partial charge in [0.05, 0.1) is 7.11 Å². The van der Waals surface area contributed by atoms with Crippen molar-refractivity contribution in [2.45, 2.75) is 50.9 Å². The highest BCUT2D eigenvalue weighted by atomic mass is 16.5. The summed E-state index contributed by atoms with van der Waals surface area (Å²) < 4.78 is 10.4. The smallest absolute Gasteiger partial charge is 0.373 e. The average Bonchev–Trinajstić information content (AvgIpc) is 3.49. The molecule has 2 aliphatic rings. The molecule has 0 bridgehead atoms. The number of rotatable bonds is 6. The van der Waals surface area contributed by atoms with E-state index in [9.17, 15) is 4.79 Å². The number of esters is 1. The summed E-state index contributed by atoms with van der Waals surface area (Å²) in [5, 5.41) is 0.974. The zero-order valence-electron chi connectivity index (χ0n) is 19.7. The largest absolute Gasteiger partial charge is 0.463 e. The first-order valence-corrected chi connectivity index (χ1v) is 12.2. The summed E-state index contributed by atoms with van der Waals surface area (Å²) in [6, 6.07) is 14.4. The van der Waals surface area contributed by atoms with Gasteiger partial charge in [-0.15, -0.1) is 6.42 Å². The van der Waals surface area contributed by atoms with Crippen LogP contribution in [0.1, 0.15) is 77.3 Å². The Morgan fingerprint density at radius 3 is 2.79 bits per heavy atom. The third kappa shape index (κ3) is 4.59. The number of terminal acetylenes is 1. The normalized spacial score (nSPS) is 19.7. The number of carbonyl (C=O) groups excluding carboxylic acids is 1. The molecular weight excluding hydrogens is 420 g/mol. The number of carbonyl (C=O) groups is 1. The van der Waals surface area contributed by atoms with Crippen molar-refractivity contribution in [2.24, 2.45) is 5.92 Å². The highest BCUT2D eigenvalue weighted by molar-refractivity contribution is 5.92. The van der Waals surface area contributed by atoms with Crippen LogP contribution in [0.2, 0.25) is 0 Å². The zero-order valence-corrected chi connectivity index (χ0v) is 19.7. The molecule has 0 unspecified atom stereocenters. The topological polar surface area (TPSA) is 39.4 Å². The number of benzene rings is 2. The van der Waals surface area contributed by atoms with E-state index in [-0.39, 0.29) is 5.76 Å². The summed E-state index contributed by atoms with van der Waals surface area (Å²) in [5.74, 6) is 3.95. The van der Waals surface area contributed by atoms with E-state index in [4.69, 9.17) is 15.6 Å². The molecule has 172 valence electrons. The first-order valence-electron chi connectivity index (χ1n) is 12.2. The van der Waals surface area contributed by atoms with E-state index in [1.54, 1.807) is 6.07 Å². The van der Waals surface area contributed by atoms with E-state index in [1.165, 1.54) is 61.5 Å². The highest BCUT2D eigenvalue weighted by Gasteiger charge is 2.23. The lowest BCUT2D eigenvalue weighted by Gasteiger charge is -2.28. The molecule has 0 aliphatic heterocycles. The maximum Gasteiger partial charge on any atom is 0.373 e. The quantitative estimate of drug-likeness (QED) is 0.289. The van der Waals surface area contributed by atoms with Gasteiger partial charge in [0.1, 0.15) is 5.58 Å². The molecule has 1 fully saturated rings. The Kier molecular flexibility index (Phi) is 6.41. The van der Waals surface area contributed by atoms with E-state index < -0.39 is 5.97 Å². The molecule has 3 nitrogen and oxygen atoms in total. The Hall–Kier alpha value is -3.51. The fourth-order valence-electron chi connectivity index (χ4n) is 5.44. The van der Waals surface area contributed by atoms with Gasteiger partial charge in [0.15, 0.2) is 0 Å². The lowest BCUT2D eigenvalue weighted by Crippen LogP contribution is -2.13. The maximum atomic E-state index is 11.7. The van der Waals surface area contributed by atoms with E-state index in [1.807, 2.05) is 12.1 Å². The van der Waals surface area contributed by atoms with Crippen LogP contribution >= 0.6 is 0 Å². The van der Waals surface area contributed by atoms with E-state index in [2.05, 4.69) is 48.4 Å². The molecule has 34 heavy (non-hydrogen) atoms. The molecule has 0 atom stereocenters. The molecule has 2 aliphatic carbocycles. The van der Waals surface area contributed by atoms with E-state index in [0.717, 1.165) is 35.3 Å². The molecule has 1 heterocycles. The van der Waals surface area contributed by atoms with Gasteiger partial charge in [0, 0.05) is 10.9 Å². The van der Waals surface area contributed by atoms with Gasteiger partial charge in [0.25, 0.3) is 0 Å². The zero-order chi connectivity index (χ0) is 23.5. The minimum Gasteiger partial charge on any atom is -0.463 e. The van der Waals surface area contributed by atoms with Crippen LogP contribution in [0.25, 0.3) is 16.5 Å². The maximum absolute atomic E-state index is 11.7. The molecular formula is C31H30O3. The number of ether oxygens (including phenoxy) is 1. The van der Waals surface area contributed by atoms with Crippen LogP contribution in [0.4, 0.5) is 0 Å². The minimum absolute atomic E-state index is 0.264. The van der Waals surface area contributed by atoms with Gasteiger partial charge in [-0.3, -0.25) is 0 Å². The lowest BCUT2D eigenvalue weighted by molar-refractivity contribution is 0.0567. The Labute approximate surface area is 201 Å². The number of hydrogen-bond donors (Lipinski definition) is 0. The van der Waals surface area contributed by atoms with E-state index >= 15 is 0 Å². The molecule has 0 saturated heterocycles.